The van der Waals surface area contributed by atoms with Crippen LogP contribution in [0.5, 0.6) is 5.75 Å². The van der Waals surface area contributed by atoms with Gasteiger partial charge in [0.05, 0.1) is 13.3 Å². The highest BCUT2D eigenvalue weighted by Gasteiger charge is 2.13. The quantitative estimate of drug-likeness (QED) is 0.370. The summed E-state index contributed by atoms with van der Waals surface area (Å²) in [6, 6.07) is 16.1. The van der Waals surface area contributed by atoms with Crippen molar-refractivity contribution >= 4 is 35.3 Å². The zero-order chi connectivity index (χ0) is 21.7. The van der Waals surface area contributed by atoms with Crippen LogP contribution in [0.3, 0.4) is 0 Å². The normalized spacial score (nSPS) is 10.8. The first-order valence-electron chi connectivity index (χ1n) is 9.12. The van der Waals surface area contributed by atoms with Gasteiger partial charge in [0.1, 0.15) is 5.75 Å². The molecule has 2 amide bonds. The summed E-state index contributed by atoms with van der Waals surface area (Å²) >= 11 is 5.96. The molecule has 2 N–H and O–H groups in total. The molecule has 154 valence electrons. The molecule has 2 aromatic carbocycles. The molecular formula is C22H21ClN4O3. The van der Waals surface area contributed by atoms with Gasteiger partial charge in [-0.05, 0) is 68.4 Å². The van der Waals surface area contributed by atoms with Crippen LogP contribution >= 0.6 is 11.6 Å². The number of hydrogen-bond donors (Lipinski definition) is 2. The van der Waals surface area contributed by atoms with E-state index in [1.165, 1.54) is 6.21 Å². The third-order valence-corrected chi connectivity index (χ3v) is 4.73. The van der Waals surface area contributed by atoms with Crippen LogP contribution in [-0.4, -0.2) is 29.7 Å². The number of nitrogens with one attached hydrogen (secondary N) is 2. The van der Waals surface area contributed by atoms with E-state index in [1.807, 2.05) is 44.2 Å². The maximum absolute atomic E-state index is 12.0. The number of halogens is 1. The van der Waals surface area contributed by atoms with E-state index in [0.29, 0.717) is 16.5 Å². The number of nitrogens with zero attached hydrogens (tertiary/aromatic N) is 2. The number of anilines is 1. The van der Waals surface area contributed by atoms with Crippen LogP contribution in [0.15, 0.2) is 59.7 Å². The number of methoxy groups -OCH3 is 1. The number of hydrazone groups is 1. The van der Waals surface area contributed by atoms with Gasteiger partial charge in [0.25, 0.3) is 0 Å². The molecule has 3 rings (SSSR count). The molecule has 0 saturated carbocycles. The summed E-state index contributed by atoms with van der Waals surface area (Å²) in [5, 5.41) is 7.08. The number of carbonyl (C=O) groups excluding carboxylic acids is 2. The summed E-state index contributed by atoms with van der Waals surface area (Å²) < 4.78 is 7.10. The molecule has 30 heavy (non-hydrogen) atoms. The van der Waals surface area contributed by atoms with E-state index >= 15 is 0 Å². The Balaban J connectivity index is 1.64. The van der Waals surface area contributed by atoms with Crippen molar-refractivity contribution in [2.75, 3.05) is 12.4 Å². The standard InChI is InChI=1S/C22H21ClN4O3/c1-14-12-16(15(2)27(14)19-8-4-17(23)5-9-19)13-24-26-22(29)21(28)25-18-6-10-20(30-3)11-7-18/h4-13H,1-3H3,(H,25,28)(H,26,29)/b24-13-. The predicted molar refractivity (Wildman–Crippen MR) is 118 cm³/mol. The van der Waals surface area contributed by atoms with Crippen molar-refractivity contribution in [1.82, 2.24) is 9.99 Å². The van der Waals surface area contributed by atoms with E-state index in [-0.39, 0.29) is 0 Å². The smallest absolute Gasteiger partial charge is 0.329 e. The van der Waals surface area contributed by atoms with E-state index in [4.69, 9.17) is 16.3 Å². The van der Waals surface area contributed by atoms with Gasteiger partial charge in [0.15, 0.2) is 0 Å². The van der Waals surface area contributed by atoms with Crippen molar-refractivity contribution in [3.8, 4) is 11.4 Å². The third kappa shape index (κ3) is 4.87. The Bertz CT molecular complexity index is 1090. The van der Waals surface area contributed by atoms with E-state index in [2.05, 4.69) is 20.4 Å². The highest BCUT2D eigenvalue weighted by atomic mass is 35.5. The number of amides is 2. The minimum absolute atomic E-state index is 0.478. The zero-order valence-electron chi connectivity index (χ0n) is 16.8. The third-order valence-electron chi connectivity index (χ3n) is 4.48. The summed E-state index contributed by atoms with van der Waals surface area (Å²) in [6.07, 6.45) is 1.51. The zero-order valence-corrected chi connectivity index (χ0v) is 17.5. The van der Waals surface area contributed by atoms with Crippen molar-refractivity contribution in [2.24, 2.45) is 5.10 Å². The molecule has 0 fully saturated rings. The van der Waals surface area contributed by atoms with Crippen molar-refractivity contribution in [3.63, 3.8) is 0 Å². The van der Waals surface area contributed by atoms with Gasteiger partial charge in [-0.2, -0.15) is 5.10 Å². The number of hydrogen-bond acceptors (Lipinski definition) is 4. The fourth-order valence-corrected chi connectivity index (χ4v) is 3.11. The summed E-state index contributed by atoms with van der Waals surface area (Å²) in [5.41, 5.74) is 6.45. The monoisotopic (exact) mass is 424 g/mol. The molecular weight excluding hydrogens is 404 g/mol. The van der Waals surface area contributed by atoms with Gasteiger partial charge in [-0.15, -0.1) is 0 Å². The molecule has 0 aliphatic heterocycles. The van der Waals surface area contributed by atoms with Crippen molar-refractivity contribution < 1.29 is 14.3 Å². The van der Waals surface area contributed by atoms with Crippen LogP contribution < -0.4 is 15.5 Å². The number of rotatable bonds is 5. The fraction of sp³-hybridized carbons (Fsp3) is 0.136. The Labute approximate surface area is 179 Å². The first-order valence-corrected chi connectivity index (χ1v) is 9.50. The average molecular weight is 425 g/mol. The number of ether oxygens (including phenoxy) is 1. The van der Waals surface area contributed by atoms with E-state index < -0.39 is 11.8 Å². The van der Waals surface area contributed by atoms with Gasteiger partial charge in [-0.1, -0.05) is 11.6 Å². The maximum Gasteiger partial charge on any atom is 0.329 e. The highest BCUT2D eigenvalue weighted by Crippen LogP contribution is 2.21. The maximum atomic E-state index is 12.0. The highest BCUT2D eigenvalue weighted by molar-refractivity contribution is 6.39. The van der Waals surface area contributed by atoms with Crippen molar-refractivity contribution in [2.45, 2.75) is 13.8 Å². The topological polar surface area (TPSA) is 84.7 Å². The molecule has 0 saturated heterocycles. The first kappa shape index (κ1) is 21.1. The largest absolute Gasteiger partial charge is 0.497 e. The lowest BCUT2D eigenvalue weighted by Gasteiger charge is -2.09. The van der Waals surface area contributed by atoms with Crippen LogP contribution in [0, 0.1) is 13.8 Å². The Morgan fingerprint density at radius 2 is 1.70 bits per heavy atom. The van der Waals surface area contributed by atoms with Gasteiger partial charge in [-0.25, -0.2) is 5.43 Å². The molecule has 7 nitrogen and oxygen atoms in total. The Morgan fingerprint density at radius 3 is 2.33 bits per heavy atom. The number of carbonyl (C=O) groups is 2. The van der Waals surface area contributed by atoms with Crippen molar-refractivity contribution in [3.05, 3.63) is 76.6 Å². The number of aromatic nitrogens is 1. The molecule has 3 aromatic rings. The molecule has 8 heteroatoms. The lowest BCUT2D eigenvalue weighted by molar-refractivity contribution is -0.136. The van der Waals surface area contributed by atoms with Gasteiger partial charge in [0.2, 0.25) is 0 Å². The Morgan fingerprint density at radius 1 is 1.03 bits per heavy atom. The van der Waals surface area contributed by atoms with Gasteiger partial charge in [-0.3, -0.25) is 9.59 Å². The molecule has 0 atom stereocenters. The second-order valence-electron chi connectivity index (χ2n) is 6.52. The second-order valence-corrected chi connectivity index (χ2v) is 6.96. The molecule has 1 aromatic heterocycles. The average Bonchev–Trinajstić information content (AvgIpc) is 3.02. The summed E-state index contributed by atoms with van der Waals surface area (Å²) in [7, 11) is 1.55. The summed E-state index contributed by atoms with van der Waals surface area (Å²) in [5.74, 6) is -1.03. The van der Waals surface area contributed by atoms with Gasteiger partial charge in [0, 0.05) is 33.3 Å². The van der Waals surface area contributed by atoms with E-state index in [9.17, 15) is 9.59 Å². The predicted octanol–water partition coefficient (Wildman–Crippen LogP) is 3.84. The first-order chi connectivity index (χ1) is 14.4. The minimum Gasteiger partial charge on any atom is -0.497 e. The molecule has 0 bridgehead atoms. The van der Waals surface area contributed by atoms with Crippen LogP contribution in [0.25, 0.3) is 5.69 Å². The molecule has 0 unspecified atom stereocenters. The Hall–Kier alpha value is -3.58. The Kier molecular flexibility index (Phi) is 6.54. The fourth-order valence-electron chi connectivity index (χ4n) is 2.98. The molecule has 1 heterocycles. The summed E-state index contributed by atoms with van der Waals surface area (Å²) in [4.78, 5) is 24.0. The van der Waals surface area contributed by atoms with Gasteiger partial charge < -0.3 is 14.6 Å². The number of aryl methyl sites for hydroxylation is 1. The van der Waals surface area contributed by atoms with Crippen LogP contribution in [-0.2, 0) is 9.59 Å². The number of benzene rings is 2. The molecule has 0 radical (unpaired) electrons. The lowest BCUT2D eigenvalue weighted by Crippen LogP contribution is -2.32. The molecule has 0 aliphatic rings. The van der Waals surface area contributed by atoms with Crippen LogP contribution in [0.4, 0.5) is 5.69 Å². The molecule has 0 spiro atoms. The summed E-state index contributed by atoms with van der Waals surface area (Å²) in [6.45, 7) is 3.92. The van der Waals surface area contributed by atoms with Crippen LogP contribution in [0.2, 0.25) is 5.02 Å². The van der Waals surface area contributed by atoms with Crippen LogP contribution in [0.1, 0.15) is 17.0 Å². The van der Waals surface area contributed by atoms with E-state index in [0.717, 1.165) is 22.6 Å². The van der Waals surface area contributed by atoms with Gasteiger partial charge >= 0.3 is 11.8 Å². The lowest BCUT2D eigenvalue weighted by atomic mass is 10.2. The van der Waals surface area contributed by atoms with E-state index in [1.54, 1.807) is 31.4 Å². The van der Waals surface area contributed by atoms with Crippen molar-refractivity contribution in [1.29, 1.82) is 0 Å². The molecule has 0 aliphatic carbocycles. The SMILES string of the molecule is COc1ccc(NC(=O)C(=O)N/N=C\c2cc(C)n(-c3ccc(Cl)cc3)c2C)cc1. The second kappa shape index (κ2) is 9.28. The minimum atomic E-state index is -0.867.